The number of unbranched alkanes of at least 4 members (excludes halogenated alkanes) is 22. The van der Waals surface area contributed by atoms with Gasteiger partial charge in [0, 0.05) is 24.0 Å². The summed E-state index contributed by atoms with van der Waals surface area (Å²) in [5, 5.41) is 21.7. The van der Waals surface area contributed by atoms with Gasteiger partial charge in [0.1, 0.15) is 0 Å². The molecule has 0 amide bonds. The monoisotopic (exact) mass is 833 g/mol. The first-order valence-electron chi connectivity index (χ1n) is 25.2. The van der Waals surface area contributed by atoms with Crippen LogP contribution in [0.2, 0.25) is 0 Å². The SMILES string of the molecule is CCCCCCCCN(CCCCCCCC)C(CCCC)CCCC(=O)[O-].CCCCCCCCN(CCCCCCCC)C(CCCC)CCCC(=O)[O-].[Ca+2]. The number of hydrogen-bond acceptors (Lipinski definition) is 6. The maximum absolute atomic E-state index is 10.8. The van der Waals surface area contributed by atoms with Crippen molar-refractivity contribution in [3.05, 3.63) is 0 Å². The summed E-state index contributed by atoms with van der Waals surface area (Å²) in [4.78, 5) is 27.1. The number of aliphatic carboxylic acids is 2. The predicted octanol–water partition coefficient (Wildman–Crippen LogP) is 12.6. The Morgan fingerprint density at radius 2 is 0.544 bits per heavy atom. The van der Waals surface area contributed by atoms with Crippen LogP contribution in [0, 0.1) is 0 Å². The minimum absolute atomic E-state index is 0. The molecule has 0 aromatic rings. The molecule has 0 saturated heterocycles. The molecule has 0 radical (unpaired) electrons. The molecule has 336 valence electrons. The molecule has 0 N–H and O–H groups in total. The molecule has 7 heteroatoms. The Bertz CT molecular complexity index is 704. The van der Waals surface area contributed by atoms with E-state index in [-0.39, 0.29) is 50.6 Å². The molecule has 2 unspecified atom stereocenters. The normalized spacial score (nSPS) is 12.4. The second-order valence-electron chi connectivity index (χ2n) is 17.3. The zero-order valence-corrected chi connectivity index (χ0v) is 41.9. The van der Waals surface area contributed by atoms with E-state index in [9.17, 15) is 19.8 Å². The van der Waals surface area contributed by atoms with E-state index in [1.807, 2.05) is 0 Å². The van der Waals surface area contributed by atoms with Crippen LogP contribution < -0.4 is 10.2 Å². The van der Waals surface area contributed by atoms with Gasteiger partial charge in [0.2, 0.25) is 0 Å². The molecule has 0 aliphatic carbocycles. The van der Waals surface area contributed by atoms with Gasteiger partial charge in [0.05, 0.1) is 0 Å². The summed E-state index contributed by atoms with van der Waals surface area (Å²) in [5.41, 5.74) is 0. The minimum atomic E-state index is -0.896. The standard InChI is InChI=1S/2C25H51NO2.Ca/c2*1-4-7-10-12-14-16-22-26(23-17-15-13-11-8-5-2)24(19-9-6-3)20-18-21-25(27)28;/h2*24H,4-23H2,1-3H3,(H,27,28);/q;;+2/p-2. The van der Waals surface area contributed by atoms with Crippen LogP contribution in [0.1, 0.15) is 273 Å². The van der Waals surface area contributed by atoms with E-state index < -0.39 is 11.9 Å². The van der Waals surface area contributed by atoms with Crippen LogP contribution in [-0.4, -0.2) is 97.7 Å². The van der Waals surface area contributed by atoms with Crippen LogP contribution in [0.3, 0.4) is 0 Å². The number of carbonyl (C=O) groups is 2. The van der Waals surface area contributed by atoms with Gasteiger partial charge in [-0.15, -0.1) is 0 Å². The van der Waals surface area contributed by atoms with E-state index >= 15 is 0 Å². The second kappa shape index (κ2) is 50.5. The largest absolute Gasteiger partial charge is 2.00 e. The van der Waals surface area contributed by atoms with Crippen molar-refractivity contribution in [1.29, 1.82) is 0 Å². The van der Waals surface area contributed by atoms with E-state index in [0.717, 1.165) is 25.7 Å². The van der Waals surface area contributed by atoms with Crippen molar-refractivity contribution in [3.63, 3.8) is 0 Å². The average Bonchev–Trinajstić information content (AvgIpc) is 3.18. The third-order valence-corrected chi connectivity index (χ3v) is 11.8. The fraction of sp³-hybridized carbons (Fsp3) is 0.960. The van der Waals surface area contributed by atoms with Gasteiger partial charge in [-0.1, -0.05) is 196 Å². The summed E-state index contributed by atoms with van der Waals surface area (Å²) in [5.74, 6) is -1.79. The van der Waals surface area contributed by atoms with Crippen LogP contribution in [-0.2, 0) is 9.59 Å². The molecule has 0 spiro atoms. The van der Waals surface area contributed by atoms with E-state index in [1.54, 1.807) is 0 Å². The zero-order valence-electron chi connectivity index (χ0n) is 39.7. The Labute approximate surface area is 387 Å². The smallest absolute Gasteiger partial charge is 0.550 e. The van der Waals surface area contributed by atoms with E-state index in [4.69, 9.17) is 0 Å². The van der Waals surface area contributed by atoms with Crippen LogP contribution in [0.25, 0.3) is 0 Å². The number of carboxylic acids is 2. The molecule has 2 atom stereocenters. The van der Waals surface area contributed by atoms with Crippen molar-refractivity contribution in [2.24, 2.45) is 0 Å². The maximum atomic E-state index is 10.8. The molecule has 0 saturated carbocycles. The van der Waals surface area contributed by atoms with Gasteiger partial charge in [-0.05, 0) is 103 Å². The zero-order chi connectivity index (χ0) is 41.7. The van der Waals surface area contributed by atoms with Gasteiger partial charge < -0.3 is 29.6 Å². The first-order chi connectivity index (χ1) is 27.3. The molecule has 6 nitrogen and oxygen atoms in total. The minimum Gasteiger partial charge on any atom is -0.550 e. The molecule has 0 heterocycles. The van der Waals surface area contributed by atoms with Gasteiger partial charge in [-0.2, -0.15) is 0 Å². The third kappa shape index (κ3) is 45.5. The molecule has 0 fully saturated rings. The predicted molar refractivity (Wildman–Crippen MR) is 247 cm³/mol. The van der Waals surface area contributed by atoms with Crippen molar-refractivity contribution in [2.75, 3.05) is 26.2 Å². The number of hydrogen-bond donors (Lipinski definition) is 0. The summed E-state index contributed by atoms with van der Waals surface area (Å²) in [7, 11) is 0. The fourth-order valence-corrected chi connectivity index (χ4v) is 8.20. The number of carboxylic acid groups (broad SMARTS) is 2. The van der Waals surface area contributed by atoms with Crippen molar-refractivity contribution in [3.8, 4) is 0 Å². The first kappa shape index (κ1) is 61.4. The van der Waals surface area contributed by atoms with E-state index in [1.165, 1.54) is 219 Å². The molecule has 57 heavy (non-hydrogen) atoms. The topological polar surface area (TPSA) is 86.7 Å². The molecule has 0 bridgehead atoms. The molecular formula is C50H100CaN2O4. The molecule has 0 aliphatic rings. The number of carbonyl (C=O) groups excluding carboxylic acids is 2. The fourth-order valence-electron chi connectivity index (χ4n) is 8.20. The van der Waals surface area contributed by atoms with Crippen LogP contribution in [0.5, 0.6) is 0 Å². The second-order valence-corrected chi connectivity index (χ2v) is 17.3. The maximum Gasteiger partial charge on any atom is 2.00 e. The summed E-state index contributed by atoms with van der Waals surface area (Å²) in [6.45, 7) is 18.4. The molecular weight excluding hydrogens is 733 g/mol. The van der Waals surface area contributed by atoms with Crippen molar-refractivity contribution >= 4 is 49.7 Å². The van der Waals surface area contributed by atoms with E-state index in [2.05, 4.69) is 51.3 Å². The van der Waals surface area contributed by atoms with Crippen LogP contribution >= 0.6 is 0 Å². The van der Waals surface area contributed by atoms with Crippen molar-refractivity contribution in [1.82, 2.24) is 9.80 Å². The summed E-state index contributed by atoms with van der Waals surface area (Å²) in [6, 6.07) is 1.12. The average molecular weight is 833 g/mol. The van der Waals surface area contributed by atoms with Gasteiger partial charge in [0.25, 0.3) is 0 Å². The number of rotatable bonds is 44. The van der Waals surface area contributed by atoms with Gasteiger partial charge in [0.15, 0.2) is 0 Å². The Morgan fingerprint density at radius 3 is 0.772 bits per heavy atom. The summed E-state index contributed by atoms with van der Waals surface area (Å²) < 4.78 is 0. The Hall–Kier alpha value is 0.120. The quantitative estimate of drug-likeness (QED) is 0.0449. The molecule has 0 aromatic heterocycles. The van der Waals surface area contributed by atoms with Crippen molar-refractivity contribution < 1.29 is 19.8 Å². The number of nitrogens with zero attached hydrogens (tertiary/aromatic N) is 2. The van der Waals surface area contributed by atoms with Crippen molar-refractivity contribution in [2.45, 2.75) is 285 Å². The van der Waals surface area contributed by atoms with Gasteiger partial charge in [-0.3, -0.25) is 0 Å². The Balaban J connectivity index is -0.00000101. The van der Waals surface area contributed by atoms with Crippen LogP contribution in [0.15, 0.2) is 0 Å². The summed E-state index contributed by atoms with van der Waals surface area (Å²) in [6.07, 6.45) is 43.5. The summed E-state index contributed by atoms with van der Waals surface area (Å²) >= 11 is 0. The molecule has 0 aliphatic heterocycles. The Morgan fingerprint density at radius 1 is 0.333 bits per heavy atom. The first-order valence-corrected chi connectivity index (χ1v) is 25.2. The third-order valence-electron chi connectivity index (χ3n) is 11.8. The van der Waals surface area contributed by atoms with E-state index in [0.29, 0.717) is 12.1 Å². The van der Waals surface area contributed by atoms with Gasteiger partial charge in [-0.25, -0.2) is 0 Å². The Kier molecular flexibility index (Phi) is 54.4. The molecule has 0 rings (SSSR count). The van der Waals surface area contributed by atoms with Gasteiger partial charge >= 0.3 is 37.7 Å². The van der Waals surface area contributed by atoms with Crippen LogP contribution in [0.4, 0.5) is 0 Å². The molecule has 0 aromatic carbocycles.